The number of fused-ring (bicyclic) bond motifs is 1. The molecular weight excluding hydrogens is 247 g/mol. The smallest absolute Gasteiger partial charge is 0.231 e. The predicted molar refractivity (Wildman–Crippen MR) is 67.0 cm³/mol. The van der Waals surface area contributed by atoms with E-state index >= 15 is 0 Å². The van der Waals surface area contributed by atoms with Crippen LogP contribution < -0.4 is 14.8 Å². The maximum Gasteiger partial charge on any atom is 0.231 e. The van der Waals surface area contributed by atoms with Crippen molar-refractivity contribution in [2.24, 2.45) is 0 Å². The van der Waals surface area contributed by atoms with Crippen molar-refractivity contribution in [2.45, 2.75) is 0 Å². The van der Waals surface area contributed by atoms with E-state index in [1.54, 1.807) is 30.3 Å². The van der Waals surface area contributed by atoms with Crippen molar-refractivity contribution >= 4 is 11.4 Å². The van der Waals surface area contributed by atoms with Crippen molar-refractivity contribution in [3.8, 4) is 17.6 Å². The van der Waals surface area contributed by atoms with Gasteiger partial charge < -0.3 is 14.8 Å². The van der Waals surface area contributed by atoms with Crippen LogP contribution in [0.1, 0.15) is 5.56 Å². The maximum absolute atomic E-state index is 13.5. The Hall–Kier alpha value is -2.74. The largest absolute Gasteiger partial charge is 0.454 e. The molecule has 1 heterocycles. The zero-order valence-corrected chi connectivity index (χ0v) is 9.81. The van der Waals surface area contributed by atoms with Gasteiger partial charge in [0.2, 0.25) is 6.79 Å². The zero-order valence-electron chi connectivity index (χ0n) is 9.81. The number of nitrogens with zero attached hydrogens (tertiary/aromatic N) is 1. The maximum atomic E-state index is 13.5. The molecule has 2 aromatic rings. The lowest BCUT2D eigenvalue weighted by Crippen LogP contribution is -1.96. The van der Waals surface area contributed by atoms with Gasteiger partial charge in [-0.2, -0.15) is 5.26 Å². The number of benzene rings is 2. The number of nitrogens with one attached hydrogen (secondary N) is 1. The van der Waals surface area contributed by atoms with Crippen LogP contribution in [0.3, 0.4) is 0 Å². The number of hydrogen-bond acceptors (Lipinski definition) is 4. The highest BCUT2D eigenvalue weighted by Crippen LogP contribution is 2.35. The summed E-state index contributed by atoms with van der Waals surface area (Å²) in [5.41, 5.74) is 1.10. The summed E-state index contributed by atoms with van der Waals surface area (Å²) in [6, 6.07) is 11.6. The number of rotatable bonds is 2. The first-order valence-electron chi connectivity index (χ1n) is 5.63. The highest BCUT2D eigenvalue weighted by Gasteiger charge is 2.14. The van der Waals surface area contributed by atoms with E-state index in [9.17, 15) is 4.39 Å². The molecule has 0 saturated heterocycles. The Bertz CT molecular complexity index is 680. The zero-order chi connectivity index (χ0) is 13.2. The summed E-state index contributed by atoms with van der Waals surface area (Å²) >= 11 is 0. The van der Waals surface area contributed by atoms with Gasteiger partial charge in [0.1, 0.15) is 17.4 Å². The van der Waals surface area contributed by atoms with E-state index in [0.29, 0.717) is 22.9 Å². The van der Waals surface area contributed by atoms with E-state index in [1.165, 1.54) is 6.07 Å². The summed E-state index contributed by atoms with van der Waals surface area (Å²) in [6.45, 7) is 0.197. The van der Waals surface area contributed by atoms with Crippen LogP contribution in [-0.2, 0) is 0 Å². The quantitative estimate of drug-likeness (QED) is 0.896. The van der Waals surface area contributed by atoms with Gasteiger partial charge in [0, 0.05) is 11.8 Å². The summed E-state index contributed by atoms with van der Waals surface area (Å²) in [6.07, 6.45) is 0. The Labute approximate surface area is 109 Å². The summed E-state index contributed by atoms with van der Waals surface area (Å²) in [4.78, 5) is 0. The van der Waals surface area contributed by atoms with Gasteiger partial charge in [0.25, 0.3) is 0 Å². The first-order chi connectivity index (χ1) is 9.28. The Morgan fingerprint density at radius 1 is 1.16 bits per heavy atom. The van der Waals surface area contributed by atoms with Crippen molar-refractivity contribution in [3.05, 3.63) is 47.8 Å². The minimum Gasteiger partial charge on any atom is -0.454 e. The molecule has 0 atom stereocenters. The van der Waals surface area contributed by atoms with Crippen molar-refractivity contribution in [1.82, 2.24) is 0 Å². The SMILES string of the molecule is N#Cc1c(F)cccc1Nc1ccc2c(c1)OCO2. The molecule has 0 spiro atoms. The average molecular weight is 256 g/mol. The third kappa shape index (κ3) is 2.04. The molecule has 1 aliphatic rings. The highest BCUT2D eigenvalue weighted by molar-refractivity contribution is 5.68. The van der Waals surface area contributed by atoms with E-state index in [1.807, 2.05) is 6.07 Å². The van der Waals surface area contributed by atoms with Gasteiger partial charge in [-0.05, 0) is 24.3 Å². The third-order valence-electron chi connectivity index (χ3n) is 2.78. The van der Waals surface area contributed by atoms with Crippen molar-refractivity contribution in [3.63, 3.8) is 0 Å². The molecule has 1 N–H and O–H groups in total. The number of nitriles is 1. The van der Waals surface area contributed by atoms with Gasteiger partial charge >= 0.3 is 0 Å². The van der Waals surface area contributed by atoms with Crippen LogP contribution in [0.5, 0.6) is 11.5 Å². The second-order valence-corrected chi connectivity index (χ2v) is 3.97. The highest BCUT2D eigenvalue weighted by atomic mass is 19.1. The standard InChI is InChI=1S/C14H9FN2O2/c15-11-2-1-3-12(10(11)7-16)17-9-4-5-13-14(6-9)19-8-18-13/h1-6,17H,8H2. The molecule has 5 heteroatoms. The fourth-order valence-corrected chi connectivity index (χ4v) is 1.87. The van der Waals surface area contributed by atoms with Crippen LogP contribution in [0.25, 0.3) is 0 Å². The lowest BCUT2D eigenvalue weighted by Gasteiger charge is -2.09. The summed E-state index contributed by atoms with van der Waals surface area (Å²) in [5, 5.41) is 12.0. The first-order valence-corrected chi connectivity index (χ1v) is 5.63. The van der Waals surface area contributed by atoms with Crippen LogP contribution in [0.2, 0.25) is 0 Å². The molecule has 0 fully saturated rings. The monoisotopic (exact) mass is 256 g/mol. The Morgan fingerprint density at radius 2 is 2.00 bits per heavy atom. The molecule has 0 saturated carbocycles. The van der Waals surface area contributed by atoms with Gasteiger partial charge in [-0.25, -0.2) is 4.39 Å². The summed E-state index contributed by atoms with van der Waals surface area (Å²) < 4.78 is 23.9. The molecule has 4 nitrogen and oxygen atoms in total. The van der Waals surface area contributed by atoms with Gasteiger partial charge in [-0.15, -0.1) is 0 Å². The van der Waals surface area contributed by atoms with Crippen molar-refractivity contribution < 1.29 is 13.9 Å². The van der Waals surface area contributed by atoms with Crippen LogP contribution in [0.4, 0.5) is 15.8 Å². The first kappa shape index (κ1) is 11.4. The molecule has 0 unspecified atom stereocenters. The van der Waals surface area contributed by atoms with Gasteiger partial charge in [-0.3, -0.25) is 0 Å². The van der Waals surface area contributed by atoms with E-state index in [2.05, 4.69) is 5.32 Å². The molecule has 94 valence electrons. The van der Waals surface area contributed by atoms with Crippen molar-refractivity contribution in [1.29, 1.82) is 5.26 Å². The fraction of sp³-hybridized carbons (Fsp3) is 0.0714. The minimum absolute atomic E-state index is 0.0137. The molecule has 0 radical (unpaired) electrons. The van der Waals surface area contributed by atoms with E-state index < -0.39 is 5.82 Å². The van der Waals surface area contributed by atoms with E-state index in [4.69, 9.17) is 14.7 Å². The number of halogens is 1. The molecule has 0 amide bonds. The molecule has 1 aliphatic heterocycles. The molecular formula is C14H9FN2O2. The van der Waals surface area contributed by atoms with E-state index in [-0.39, 0.29) is 12.4 Å². The minimum atomic E-state index is -0.548. The fourth-order valence-electron chi connectivity index (χ4n) is 1.87. The summed E-state index contributed by atoms with van der Waals surface area (Å²) in [5.74, 6) is 0.749. The molecule has 2 aromatic carbocycles. The number of anilines is 2. The second-order valence-electron chi connectivity index (χ2n) is 3.97. The topological polar surface area (TPSA) is 54.3 Å². The second kappa shape index (κ2) is 4.50. The third-order valence-corrected chi connectivity index (χ3v) is 2.78. The summed E-state index contributed by atoms with van der Waals surface area (Å²) in [7, 11) is 0. The molecule has 19 heavy (non-hydrogen) atoms. The molecule has 3 rings (SSSR count). The molecule has 0 aromatic heterocycles. The predicted octanol–water partition coefficient (Wildman–Crippen LogP) is 3.17. The lowest BCUT2D eigenvalue weighted by atomic mass is 10.1. The van der Waals surface area contributed by atoms with Crippen LogP contribution >= 0.6 is 0 Å². The van der Waals surface area contributed by atoms with Crippen LogP contribution in [0, 0.1) is 17.1 Å². The van der Waals surface area contributed by atoms with E-state index in [0.717, 1.165) is 0 Å². The Balaban J connectivity index is 1.94. The van der Waals surface area contributed by atoms with Crippen molar-refractivity contribution in [2.75, 3.05) is 12.1 Å². The Morgan fingerprint density at radius 3 is 2.84 bits per heavy atom. The van der Waals surface area contributed by atoms with Crippen LogP contribution in [-0.4, -0.2) is 6.79 Å². The molecule has 0 aliphatic carbocycles. The molecule has 0 bridgehead atoms. The van der Waals surface area contributed by atoms with Gasteiger partial charge in [0.05, 0.1) is 5.69 Å². The number of ether oxygens (including phenoxy) is 2. The van der Waals surface area contributed by atoms with Gasteiger partial charge in [0.15, 0.2) is 11.5 Å². The van der Waals surface area contributed by atoms with Gasteiger partial charge in [-0.1, -0.05) is 6.07 Å². The Kier molecular flexibility index (Phi) is 2.69. The normalized spacial score (nSPS) is 12.0. The lowest BCUT2D eigenvalue weighted by molar-refractivity contribution is 0.174. The van der Waals surface area contributed by atoms with Crippen LogP contribution in [0.15, 0.2) is 36.4 Å². The average Bonchev–Trinajstić information content (AvgIpc) is 2.86. The number of hydrogen-bond donors (Lipinski definition) is 1.